The molecule has 3 aromatic carbocycles. The van der Waals surface area contributed by atoms with Gasteiger partial charge in [0.05, 0.1) is 16.8 Å². The maximum atomic E-state index is 13.1. The van der Waals surface area contributed by atoms with Crippen LogP contribution in [0.3, 0.4) is 0 Å². The molecule has 4 nitrogen and oxygen atoms in total. The van der Waals surface area contributed by atoms with Gasteiger partial charge in [-0.2, -0.15) is 0 Å². The van der Waals surface area contributed by atoms with Crippen LogP contribution in [0.25, 0.3) is 10.8 Å². The van der Waals surface area contributed by atoms with Crippen molar-refractivity contribution in [1.82, 2.24) is 5.32 Å². The van der Waals surface area contributed by atoms with Crippen LogP contribution < -0.4 is 5.32 Å². The molecule has 0 saturated carbocycles. The van der Waals surface area contributed by atoms with Crippen molar-refractivity contribution in [2.75, 3.05) is 0 Å². The molecule has 4 rings (SSSR count). The summed E-state index contributed by atoms with van der Waals surface area (Å²) < 4.78 is 0. The van der Waals surface area contributed by atoms with Crippen molar-refractivity contribution >= 4 is 28.6 Å². The quantitative estimate of drug-likeness (QED) is 0.544. The zero-order chi connectivity index (χ0) is 21.0. The van der Waals surface area contributed by atoms with Gasteiger partial charge in [0.2, 0.25) is 0 Å². The van der Waals surface area contributed by atoms with Gasteiger partial charge >= 0.3 is 0 Å². The minimum absolute atomic E-state index is 0.156. The van der Waals surface area contributed by atoms with Crippen molar-refractivity contribution in [3.05, 3.63) is 96.1 Å². The summed E-state index contributed by atoms with van der Waals surface area (Å²) in [5.41, 5.74) is 1.32. The summed E-state index contributed by atoms with van der Waals surface area (Å²) in [6.07, 6.45) is 11.3. The van der Waals surface area contributed by atoms with Crippen LogP contribution in [0.15, 0.2) is 90.0 Å². The first-order valence-electron chi connectivity index (χ1n) is 10.1. The highest BCUT2D eigenvalue weighted by Gasteiger charge is 2.28. The van der Waals surface area contributed by atoms with E-state index in [9.17, 15) is 9.90 Å². The SMILES string of the molecule is CCC1(NC(=O)c2ccccc2N=Cc2c(O)ccc3ccccc23)C=CC=CC1. The number of hydrogen-bond acceptors (Lipinski definition) is 3. The lowest BCUT2D eigenvalue weighted by Crippen LogP contribution is -2.46. The van der Waals surface area contributed by atoms with Gasteiger partial charge in [-0.3, -0.25) is 9.79 Å². The van der Waals surface area contributed by atoms with E-state index < -0.39 is 0 Å². The molecule has 1 atom stereocenters. The molecule has 1 aliphatic carbocycles. The molecule has 1 amide bonds. The Morgan fingerprint density at radius 1 is 1.10 bits per heavy atom. The van der Waals surface area contributed by atoms with Gasteiger partial charge in [-0.15, -0.1) is 0 Å². The molecule has 3 aromatic rings. The van der Waals surface area contributed by atoms with Gasteiger partial charge in [0.25, 0.3) is 5.91 Å². The number of hydrogen-bond donors (Lipinski definition) is 2. The lowest BCUT2D eigenvalue weighted by atomic mass is 9.88. The second-order valence-corrected chi connectivity index (χ2v) is 7.45. The minimum Gasteiger partial charge on any atom is -0.507 e. The van der Waals surface area contributed by atoms with Gasteiger partial charge in [-0.25, -0.2) is 0 Å². The number of fused-ring (bicyclic) bond motifs is 1. The Kier molecular flexibility index (Phi) is 5.48. The van der Waals surface area contributed by atoms with Crippen molar-refractivity contribution in [2.24, 2.45) is 4.99 Å². The number of amides is 1. The van der Waals surface area contributed by atoms with E-state index in [-0.39, 0.29) is 17.2 Å². The van der Waals surface area contributed by atoms with E-state index in [4.69, 9.17) is 0 Å². The number of rotatable bonds is 5. The number of carbonyl (C=O) groups excluding carboxylic acids is 1. The molecule has 0 radical (unpaired) electrons. The van der Waals surface area contributed by atoms with Gasteiger partial charge in [-0.05, 0) is 41.8 Å². The molecule has 1 unspecified atom stereocenters. The molecule has 0 heterocycles. The van der Waals surface area contributed by atoms with Crippen molar-refractivity contribution in [3.8, 4) is 5.75 Å². The maximum Gasteiger partial charge on any atom is 0.254 e. The lowest BCUT2D eigenvalue weighted by molar-refractivity contribution is 0.0916. The Bertz CT molecular complexity index is 1180. The molecular weight excluding hydrogens is 372 g/mol. The average molecular weight is 396 g/mol. The fourth-order valence-electron chi connectivity index (χ4n) is 3.73. The zero-order valence-corrected chi connectivity index (χ0v) is 16.9. The molecule has 4 heteroatoms. The fraction of sp³-hybridized carbons (Fsp3) is 0.154. The number of nitrogens with zero attached hydrogens (tertiary/aromatic N) is 1. The monoisotopic (exact) mass is 396 g/mol. The van der Waals surface area contributed by atoms with Gasteiger partial charge in [0.15, 0.2) is 0 Å². The number of aromatic hydroxyl groups is 1. The van der Waals surface area contributed by atoms with E-state index in [2.05, 4.69) is 23.3 Å². The number of benzene rings is 3. The van der Waals surface area contributed by atoms with Crippen LogP contribution in [0, 0.1) is 0 Å². The first-order valence-corrected chi connectivity index (χ1v) is 10.1. The molecule has 150 valence electrons. The van der Waals surface area contributed by atoms with Crippen LogP contribution in [0.5, 0.6) is 5.75 Å². The fourth-order valence-corrected chi connectivity index (χ4v) is 3.73. The summed E-state index contributed by atoms with van der Waals surface area (Å²) in [6, 6.07) is 18.6. The van der Waals surface area contributed by atoms with E-state index in [1.807, 2.05) is 66.8 Å². The highest BCUT2D eigenvalue weighted by atomic mass is 16.3. The van der Waals surface area contributed by atoms with Crippen LogP contribution >= 0.6 is 0 Å². The largest absolute Gasteiger partial charge is 0.507 e. The minimum atomic E-state index is -0.378. The number of allylic oxidation sites excluding steroid dienone is 2. The van der Waals surface area contributed by atoms with Gasteiger partial charge in [0, 0.05) is 11.8 Å². The number of para-hydroxylation sites is 1. The third-order valence-electron chi connectivity index (χ3n) is 5.57. The van der Waals surface area contributed by atoms with Crippen molar-refractivity contribution in [1.29, 1.82) is 0 Å². The Balaban J connectivity index is 1.66. The van der Waals surface area contributed by atoms with E-state index in [0.717, 1.165) is 23.6 Å². The Morgan fingerprint density at radius 2 is 1.90 bits per heavy atom. The smallest absolute Gasteiger partial charge is 0.254 e. The lowest BCUT2D eigenvalue weighted by Gasteiger charge is -2.31. The van der Waals surface area contributed by atoms with Gasteiger partial charge in [-0.1, -0.05) is 73.7 Å². The maximum absolute atomic E-state index is 13.1. The van der Waals surface area contributed by atoms with Crippen molar-refractivity contribution in [3.63, 3.8) is 0 Å². The zero-order valence-electron chi connectivity index (χ0n) is 16.9. The Labute approximate surface area is 176 Å². The van der Waals surface area contributed by atoms with E-state index in [0.29, 0.717) is 16.8 Å². The number of aliphatic imine (C=N–C) groups is 1. The first-order chi connectivity index (χ1) is 14.6. The number of nitrogens with one attached hydrogen (secondary N) is 1. The molecule has 30 heavy (non-hydrogen) atoms. The van der Waals surface area contributed by atoms with Crippen LogP contribution in [0.4, 0.5) is 5.69 Å². The highest BCUT2D eigenvalue weighted by molar-refractivity contribution is 6.05. The number of phenolic OH excluding ortho intramolecular Hbond substituents is 1. The van der Waals surface area contributed by atoms with Gasteiger partial charge in [0.1, 0.15) is 5.75 Å². The normalized spacial score (nSPS) is 18.2. The molecule has 0 bridgehead atoms. The number of carbonyl (C=O) groups is 1. The molecule has 2 N–H and O–H groups in total. The molecule has 1 aliphatic rings. The second-order valence-electron chi connectivity index (χ2n) is 7.45. The average Bonchev–Trinajstić information content (AvgIpc) is 2.79. The summed E-state index contributed by atoms with van der Waals surface area (Å²) in [4.78, 5) is 17.7. The standard InChI is InChI=1S/C26H24N2O2/c1-2-26(16-8-3-9-17-26)28-25(30)21-12-6-7-13-23(21)27-18-22-20-11-5-4-10-19(20)14-15-24(22)29/h3-16,18,29H,2,17H2,1H3,(H,28,30). The molecule has 0 aromatic heterocycles. The topological polar surface area (TPSA) is 61.7 Å². The predicted octanol–water partition coefficient (Wildman–Crippen LogP) is 5.69. The summed E-state index contributed by atoms with van der Waals surface area (Å²) in [5.74, 6) is -0.00450. The van der Waals surface area contributed by atoms with E-state index in [1.54, 1.807) is 18.3 Å². The highest BCUT2D eigenvalue weighted by Crippen LogP contribution is 2.28. The molecule has 0 aliphatic heterocycles. The van der Waals surface area contributed by atoms with Crippen LogP contribution in [-0.4, -0.2) is 22.8 Å². The van der Waals surface area contributed by atoms with E-state index >= 15 is 0 Å². The van der Waals surface area contributed by atoms with Crippen molar-refractivity contribution in [2.45, 2.75) is 25.3 Å². The van der Waals surface area contributed by atoms with Gasteiger partial charge < -0.3 is 10.4 Å². The molecule has 0 saturated heterocycles. The van der Waals surface area contributed by atoms with Crippen LogP contribution in [-0.2, 0) is 0 Å². The molecule has 0 spiro atoms. The molecule has 0 fully saturated rings. The second kappa shape index (κ2) is 8.37. The predicted molar refractivity (Wildman–Crippen MR) is 123 cm³/mol. The summed E-state index contributed by atoms with van der Waals surface area (Å²) in [6.45, 7) is 2.07. The summed E-state index contributed by atoms with van der Waals surface area (Å²) in [7, 11) is 0. The molecular formula is C26H24N2O2. The summed E-state index contributed by atoms with van der Waals surface area (Å²) >= 11 is 0. The van der Waals surface area contributed by atoms with E-state index in [1.165, 1.54) is 0 Å². The number of phenols is 1. The Morgan fingerprint density at radius 3 is 2.70 bits per heavy atom. The third kappa shape index (κ3) is 3.90. The summed E-state index contributed by atoms with van der Waals surface area (Å²) in [5, 5.41) is 15.5. The van der Waals surface area contributed by atoms with Crippen LogP contribution in [0.2, 0.25) is 0 Å². The Hall–Kier alpha value is -3.66. The van der Waals surface area contributed by atoms with Crippen molar-refractivity contribution < 1.29 is 9.90 Å². The van der Waals surface area contributed by atoms with Crippen LogP contribution in [0.1, 0.15) is 35.7 Å². The first kappa shape index (κ1) is 19.6. The third-order valence-corrected chi connectivity index (χ3v) is 5.57.